The van der Waals surface area contributed by atoms with E-state index in [0.29, 0.717) is 40.3 Å². The number of aromatic nitrogens is 1. The fourth-order valence-electron chi connectivity index (χ4n) is 4.29. The molecular formula is C27H30ClN3O5S. The van der Waals surface area contributed by atoms with Crippen molar-refractivity contribution < 1.29 is 22.4 Å². The number of carbonyl (C=O) groups excluding carboxylic acids is 1. The second kappa shape index (κ2) is 11.0. The third-order valence-corrected chi connectivity index (χ3v) is 8.35. The van der Waals surface area contributed by atoms with Crippen LogP contribution in [0, 0.1) is 6.92 Å². The number of anilines is 1. The lowest BCUT2D eigenvalue weighted by Crippen LogP contribution is -2.32. The normalized spacial score (nSPS) is 11.7. The Hall–Kier alpha value is -3.27. The second-order valence-corrected chi connectivity index (χ2v) is 10.9. The summed E-state index contributed by atoms with van der Waals surface area (Å²) >= 11 is 6.28. The summed E-state index contributed by atoms with van der Waals surface area (Å²) in [7, 11) is -1.97. The SMILES string of the molecule is CCOC(=O)c1oc2ccc(S(=O)(=O)N(CC)c3ccc(Cl)cc3CNCc3cccn3C)cc2c1C. The first-order chi connectivity index (χ1) is 17.7. The molecule has 0 aliphatic carbocycles. The predicted molar refractivity (Wildman–Crippen MR) is 145 cm³/mol. The van der Waals surface area contributed by atoms with E-state index >= 15 is 0 Å². The number of rotatable bonds is 10. The number of sulfonamides is 1. The van der Waals surface area contributed by atoms with Gasteiger partial charge in [0.1, 0.15) is 5.58 Å². The van der Waals surface area contributed by atoms with Crippen LogP contribution in [0.4, 0.5) is 5.69 Å². The van der Waals surface area contributed by atoms with Gasteiger partial charge in [0.05, 0.1) is 17.2 Å². The molecule has 0 saturated carbocycles. The van der Waals surface area contributed by atoms with Crippen molar-refractivity contribution in [1.82, 2.24) is 9.88 Å². The third-order valence-electron chi connectivity index (χ3n) is 6.23. The molecule has 0 bridgehead atoms. The number of hydrogen-bond donors (Lipinski definition) is 1. The van der Waals surface area contributed by atoms with Gasteiger partial charge in [-0.15, -0.1) is 0 Å². The fourth-order valence-corrected chi connectivity index (χ4v) is 6.03. The molecule has 0 saturated heterocycles. The number of nitrogens with one attached hydrogen (secondary N) is 1. The van der Waals surface area contributed by atoms with E-state index < -0.39 is 16.0 Å². The van der Waals surface area contributed by atoms with Gasteiger partial charge in [0.25, 0.3) is 10.0 Å². The van der Waals surface area contributed by atoms with Gasteiger partial charge in [-0.2, -0.15) is 0 Å². The summed E-state index contributed by atoms with van der Waals surface area (Å²) in [4.78, 5) is 12.3. The molecule has 0 unspecified atom stereocenters. The average Bonchev–Trinajstić information content (AvgIpc) is 3.43. The van der Waals surface area contributed by atoms with Crippen LogP contribution in [0.2, 0.25) is 5.02 Å². The third kappa shape index (κ3) is 5.39. The Morgan fingerprint density at radius 2 is 1.92 bits per heavy atom. The number of halogens is 1. The zero-order valence-corrected chi connectivity index (χ0v) is 22.8. The number of aryl methyl sites for hydroxylation is 2. The molecule has 0 radical (unpaired) electrons. The lowest BCUT2D eigenvalue weighted by molar-refractivity contribution is 0.0491. The van der Waals surface area contributed by atoms with Gasteiger partial charge in [0, 0.05) is 54.5 Å². The number of fused-ring (bicyclic) bond motifs is 1. The van der Waals surface area contributed by atoms with Crippen molar-refractivity contribution in [3.05, 3.63) is 82.3 Å². The van der Waals surface area contributed by atoms with Crippen molar-refractivity contribution >= 4 is 44.3 Å². The Bertz CT molecular complexity index is 1540. The minimum atomic E-state index is -3.94. The molecule has 0 spiro atoms. The molecule has 37 heavy (non-hydrogen) atoms. The first-order valence-electron chi connectivity index (χ1n) is 12.0. The molecule has 0 fully saturated rings. The van der Waals surface area contributed by atoms with Crippen molar-refractivity contribution in [3.8, 4) is 0 Å². The highest BCUT2D eigenvalue weighted by molar-refractivity contribution is 7.92. The molecule has 1 N–H and O–H groups in total. The van der Waals surface area contributed by atoms with Gasteiger partial charge in [-0.25, -0.2) is 13.2 Å². The Morgan fingerprint density at radius 3 is 2.59 bits per heavy atom. The minimum absolute atomic E-state index is 0.0722. The zero-order chi connectivity index (χ0) is 26.7. The first kappa shape index (κ1) is 26.8. The molecule has 2 aromatic carbocycles. The molecule has 0 aliphatic rings. The van der Waals surface area contributed by atoms with Gasteiger partial charge >= 0.3 is 5.97 Å². The Kier molecular flexibility index (Phi) is 7.96. The lowest BCUT2D eigenvalue weighted by atomic mass is 10.1. The molecule has 0 aliphatic heterocycles. The molecule has 0 amide bonds. The van der Waals surface area contributed by atoms with Crippen molar-refractivity contribution in [2.24, 2.45) is 7.05 Å². The Balaban J connectivity index is 1.67. The van der Waals surface area contributed by atoms with Crippen molar-refractivity contribution in [3.63, 3.8) is 0 Å². The number of esters is 1. The van der Waals surface area contributed by atoms with E-state index in [1.807, 2.05) is 29.9 Å². The van der Waals surface area contributed by atoms with Gasteiger partial charge in [0.15, 0.2) is 0 Å². The molecule has 8 nitrogen and oxygen atoms in total. The van der Waals surface area contributed by atoms with Crippen LogP contribution in [-0.2, 0) is 34.9 Å². The van der Waals surface area contributed by atoms with E-state index in [-0.39, 0.29) is 23.8 Å². The van der Waals surface area contributed by atoms with Crippen LogP contribution in [-0.4, -0.2) is 32.1 Å². The summed E-state index contributed by atoms with van der Waals surface area (Å²) in [6.45, 7) is 6.68. The maximum Gasteiger partial charge on any atom is 0.374 e. The van der Waals surface area contributed by atoms with Gasteiger partial charge in [-0.1, -0.05) is 11.6 Å². The van der Waals surface area contributed by atoms with E-state index in [2.05, 4.69) is 5.32 Å². The minimum Gasteiger partial charge on any atom is -0.460 e. The number of hydrogen-bond acceptors (Lipinski definition) is 6. The van der Waals surface area contributed by atoms with Gasteiger partial charge < -0.3 is 19.0 Å². The van der Waals surface area contributed by atoms with Gasteiger partial charge in [-0.05, 0) is 74.9 Å². The zero-order valence-electron chi connectivity index (χ0n) is 21.2. The standard InChI is InChI=1S/C27H30ClN3O5S/c1-5-31(24-11-9-20(28)14-19(24)16-29-17-21-8-7-13-30(21)4)37(33,34)22-10-12-25-23(15-22)18(3)26(36-25)27(32)35-6-2/h7-15,29H,5-6,16-17H2,1-4H3. The van der Waals surface area contributed by atoms with Crippen LogP contribution in [0.1, 0.15) is 41.2 Å². The Labute approximate surface area is 221 Å². The Morgan fingerprint density at radius 1 is 1.14 bits per heavy atom. The smallest absolute Gasteiger partial charge is 0.374 e. The second-order valence-electron chi connectivity index (χ2n) is 8.59. The van der Waals surface area contributed by atoms with E-state index in [9.17, 15) is 13.2 Å². The average molecular weight is 544 g/mol. The van der Waals surface area contributed by atoms with Gasteiger partial charge in [0.2, 0.25) is 5.76 Å². The molecule has 4 rings (SSSR count). The number of nitrogens with zero attached hydrogens (tertiary/aromatic N) is 2. The van der Waals surface area contributed by atoms with Crippen molar-refractivity contribution in [2.45, 2.75) is 38.8 Å². The highest BCUT2D eigenvalue weighted by atomic mass is 35.5. The summed E-state index contributed by atoms with van der Waals surface area (Å²) in [5.74, 6) is -0.507. The summed E-state index contributed by atoms with van der Waals surface area (Å²) in [6, 6.07) is 13.8. The molecule has 2 aromatic heterocycles. The van der Waals surface area contributed by atoms with Crippen LogP contribution in [0.15, 0.2) is 64.0 Å². The van der Waals surface area contributed by atoms with Gasteiger partial charge in [-0.3, -0.25) is 4.31 Å². The predicted octanol–water partition coefficient (Wildman–Crippen LogP) is 5.41. The molecular weight excluding hydrogens is 514 g/mol. The fraction of sp³-hybridized carbons (Fsp3) is 0.296. The first-order valence-corrected chi connectivity index (χ1v) is 13.8. The van der Waals surface area contributed by atoms with Crippen LogP contribution in [0.25, 0.3) is 11.0 Å². The summed E-state index contributed by atoms with van der Waals surface area (Å²) in [5.41, 5.74) is 3.36. The molecule has 4 aromatic rings. The molecule has 10 heteroatoms. The summed E-state index contributed by atoms with van der Waals surface area (Å²) < 4.78 is 41.8. The van der Waals surface area contributed by atoms with Crippen LogP contribution in [0.5, 0.6) is 0 Å². The summed E-state index contributed by atoms with van der Waals surface area (Å²) in [5, 5.41) is 4.45. The van der Waals surface area contributed by atoms with Crippen LogP contribution in [0.3, 0.4) is 0 Å². The highest BCUT2D eigenvalue weighted by Crippen LogP contribution is 2.33. The molecule has 2 heterocycles. The number of ether oxygens (including phenoxy) is 1. The quantitative estimate of drug-likeness (QED) is 0.269. The largest absolute Gasteiger partial charge is 0.460 e. The lowest BCUT2D eigenvalue weighted by Gasteiger charge is -2.26. The maximum atomic E-state index is 13.9. The monoisotopic (exact) mass is 543 g/mol. The van der Waals surface area contributed by atoms with E-state index in [1.54, 1.807) is 45.0 Å². The van der Waals surface area contributed by atoms with E-state index in [1.165, 1.54) is 16.4 Å². The van der Waals surface area contributed by atoms with E-state index in [0.717, 1.165) is 11.3 Å². The maximum absolute atomic E-state index is 13.9. The van der Waals surface area contributed by atoms with Crippen molar-refractivity contribution in [2.75, 3.05) is 17.5 Å². The topological polar surface area (TPSA) is 93.8 Å². The number of benzene rings is 2. The van der Waals surface area contributed by atoms with Crippen molar-refractivity contribution in [1.29, 1.82) is 0 Å². The summed E-state index contributed by atoms with van der Waals surface area (Å²) in [6.07, 6.45) is 1.97. The number of furan rings is 1. The van der Waals surface area contributed by atoms with Crippen LogP contribution < -0.4 is 9.62 Å². The molecule has 196 valence electrons. The highest BCUT2D eigenvalue weighted by Gasteiger charge is 2.27. The van der Waals surface area contributed by atoms with E-state index in [4.69, 9.17) is 20.8 Å². The number of carbonyl (C=O) groups is 1. The van der Waals surface area contributed by atoms with Crippen LogP contribution >= 0.6 is 11.6 Å². The molecule has 0 atom stereocenters.